The van der Waals surface area contributed by atoms with Gasteiger partial charge < -0.3 is 24.7 Å². The highest BCUT2D eigenvalue weighted by Gasteiger charge is 2.30. The number of rotatable bonds is 9. The third-order valence-corrected chi connectivity index (χ3v) is 7.87. The van der Waals surface area contributed by atoms with Crippen molar-refractivity contribution in [3.05, 3.63) is 66.2 Å². The molecule has 9 nitrogen and oxygen atoms in total. The van der Waals surface area contributed by atoms with Crippen molar-refractivity contribution in [2.75, 3.05) is 46.0 Å². The van der Waals surface area contributed by atoms with E-state index < -0.39 is 0 Å². The molecule has 1 atom stereocenters. The third-order valence-electron chi connectivity index (χ3n) is 7.87. The largest absolute Gasteiger partial charge is 0.492 e. The monoisotopic (exact) mass is 528 g/mol. The number of nitrogens with two attached hydrogens (primary N) is 1. The van der Waals surface area contributed by atoms with Crippen LogP contribution in [0.5, 0.6) is 5.75 Å². The topological polar surface area (TPSA) is 98.7 Å². The molecule has 5 heterocycles. The zero-order valence-corrected chi connectivity index (χ0v) is 22.3. The van der Waals surface area contributed by atoms with Crippen LogP contribution in [0.3, 0.4) is 0 Å². The zero-order valence-electron chi connectivity index (χ0n) is 22.3. The van der Waals surface area contributed by atoms with Crippen LogP contribution in [0.25, 0.3) is 21.8 Å². The summed E-state index contributed by atoms with van der Waals surface area (Å²) in [7, 11) is 0. The summed E-state index contributed by atoms with van der Waals surface area (Å²) in [5, 5.41) is 2.26. The van der Waals surface area contributed by atoms with Gasteiger partial charge in [-0.1, -0.05) is 18.2 Å². The van der Waals surface area contributed by atoms with Crippen molar-refractivity contribution < 1.29 is 14.3 Å². The molecule has 0 radical (unpaired) electrons. The highest BCUT2D eigenvalue weighted by Crippen LogP contribution is 2.37. The number of carbonyl (C=O) groups excluding carboxylic acids is 1. The Morgan fingerprint density at radius 2 is 1.87 bits per heavy atom. The fourth-order valence-electron chi connectivity index (χ4n) is 5.95. The Balaban J connectivity index is 1.40. The number of aromatic nitrogens is 3. The lowest BCUT2D eigenvalue weighted by atomic mass is 10.0. The first-order valence-electron chi connectivity index (χ1n) is 14.0. The van der Waals surface area contributed by atoms with Crippen LogP contribution in [-0.2, 0) is 22.6 Å². The molecule has 0 saturated carbocycles. The number of hydrogen-bond donors (Lipinski definition) is 1. The number of pyridine rings is 2. The molecule has 9 heteroatoms. The van der Waals surface area contributed by atoms with Gasteiger partial charge >= 0.3 is 0 Å². The van der Waals surface area contributed by atoms with Gasteiger partial charge in [-0.05, 0) is 50.2 Å². The lowest BCUT2D eigenvalue weighted by molar-refractivity contribution is -0.135. The van der Waals surface area contributed by atoms with Crippen LogP contribution in [0.15, 0.2) is 54.9 Å². The number of ether oxygens (including phenoxy) is 2. The van der Waals surface area contributed by atoms with Crippen molar-refractivity contribution in [3.63, 3.8) is 0 Å². The van der Waals surface area contributed by atoms with E-state index >= 15 is 0 Å². The van der Waals surface area contributed by atoms with Crippen molar-refractivity contribution in [1.29, 1.82) is 0 Å². The Morgan fingerprint density at radius 3 is 2.74 bits per heavy atom. The fraction of sp³-hybridized carbons (Fsp3) is 0.433. The second-order valence-corrected chi connectivity index (χ2v) is 10.3. The summed E-state index contributed by atoms with van der Waals surface area (Å²) < 4.78 is 13.6. The van der Waals surface area contributed by atoms with Crippen LogP contribution in [0.4, 0.5) is 0 Å². The molecule has 204 valence electrons. The summed E-state index contributed by atoms with van der Waals surface area (Å²) >= 11 is 0. The maximum atomic E-state index is 13.4. The smallest absolute Gasteiger partial charge is 0.242 e. The van der Waals surface area contributed by atoms with E-state index in [-0.39, 0.29) is 18.5 Å². The summed E-state index contributed by atoms with van der Waals surface area (Å²) in [5.74, 6) is 0.965. The van der Waals surface area contributed by atoms with Crippen molar-refractivity contribution in [2.24, 2.45) is 5.73 Å². The van der Waals surface area contributed by atoms with Crippen LogP contribution >= 0.6 is 0 Å². The molecule has 1 fully saturated rings. The molecule has 6 rings (SSSR count). The molecule has 1 aromatic carbocycles. The number of para-hydroxylation sites is 1. The quantitative estimate of drug-likeness (QED) is 0.332. The molecule has 4 aromatic rings. The molecule has 2 N–H and O–H groups in total. The van der Waals surface area contributed by atoms with Gasteiger partial charge in [-0.3, -0.25) is 19.7 Å². The van der Waals surface area contributed by atoms with Crippen LogP contribution in [0, 0.1) is 0 Å². The van der Waals surface area contributed by atoms with E-state index in [1.165, 1.54) is 0 Å². The lowest BCUT2D eigenvalue weighted by Gasteiger charge is -2.35. The minimum atomic E-state index is 0.109. The number of morpholine rings is 1. The Labute approximate surface area is 228 Å². The molecular formula is C30H36N6O3. The molecule has 1 saturated heterocycles. The molecular weight excluding hydrogens is 492 g/mol. The van der Waals surface area contributed by atoms with E-state index in [0.717, 1.165) is 64.8 Å². The predicted octanol–water partition coefficient (Wildman–Crippen LogP) is 3.51. The summed E-state index contributed by atoms with van der Waals surface area (Å²) in [6.07, 6.45) is 6.55. The number of amides is 1. The minimum Gasteiger partial charge on any atom is -0.492 e. The first kappa shape index (κ1) is 25.7. The summed E-state index contributed by atoms with van der Waals surface area (Å²) in [6.45, 7) is 5.56. The molecule has 2 aliphatic rings. The van der Waals surface area contributed by atoms with Gasteiger partial charge in [-0.2, -0.15) is 0 Å². The Kier molecular flexibility index (Phi) is 7.71. The molecule has 1 amide bonds. The van der Waals surface area contributed by atoms with E-state index in [2.05, 4.69) is 33.7 Å². The first-order valence-corrected chi connectivity index (χ1v) is 14.0. The Hall–Kier alpha value is -3.53. The van der Waals surface area contributed by atoms with Gasteiger partial charge in [0.25, 0.3) is 0 Å². The SMILES string of the molecule is NCCCCN(Cc1nccc2c3ccccc3n(CC(=O)N3CCOCC3)c12)[C@H]1CCOc2cccnc21. The van der Waals surface area contributed by atoms with Gasteiger partial charge in [0.15, 0.2) is 0 Å². The molecule has 39 heavy (non-hydrogen) atoms. The van der Waals surface area contributed by atoms with Gasteiger partial charge in [0.2, 0.25) is 5.91 Å². The van der Waals surface area contributed by atoms with Crippen LogP contribution in [0.1, 0.15) is 36.7 Å². The van der Waals surface area contributed by atoms with E-state index in [0.29, 0.717) is 46.0 Å². The standard InChI is InChI=1S/C30H36N6O3/c31-11-3-4-14-35(26-10-17-39-27-8-5-12-33-29(26)27)20-24-30-23(9-13-32-24)22-6-1-2-7-25(22)36(30)21-28(37)34-15-18-38-19-16-34/h1-2,5-9,12-13,26H,3-4,10-11,14-21,31H2/t26-/m0/s1. The van der Waals surface area contributed by atoms with Crippen molar-refractivity contribution in [3.8, 4) is 5.75 Å². The first-order chi connectivity index (χ1) is 19.2. The van der Waals surface area contributed by atoms with Gasteiger partial charge in [-0.15, -0.1) is 0 Å². The van der Waals surface area contributed by atoms with Gasteiger partial charge in [0.05, 0.1) is 42.8 Å². The van der Waals surface area contributed by atoms with Gasteiger partial charge in [0.1, 0.15) is 12.3 Å². The maximum absolute atomic E-state index is 13.4. The van der Waals surface area contributed by atoms with Crippen molar-refractivity contribution in [2.45, 2.75) is 38.4 Å². The van der Waals surface area contributed by atoms with Gasteiger partial charge in [-0.25, -0.2) is 0 Å². The molecule has 0 unspecified atom stereocenters. The molecule has 0 spiro atoms. The zero-order chi connectivity index (χ0) is 26.6. The summed E-state index contributed by atoms with van der Waals surface area (Å²) in [4.78, 5) is 27.4. The number of nitrogens with zero attached hydrogens (tertiary/aromatic N) is 5. The average Bonchev–Trinajstić information content (AvgIpc) is 3.31. The number of fused-ring (bicyclic) bond motifs is 4. The van der Waals surface area contributed by atoms with Crippen molar-refractivity contribution in [1.82, 2.24) is 24.3 Å². The molecule has 2 aliphatic heterocycles. The minimum absolute atomic E-state index is 0.109. The second kappa shape index (κ2) is 11.7. The molecule has 0 bridgehead atoms. The number of unbranched alkanes of at least 4 members (excludes halogenated alkanes) is 1. The van der Waals surface area contributed by atoms with E-state index in [4.69, 9.17) is 25.2 Å². The van der Waals surface area contributed by atoms with E-state index in [1.807, 2.05) is 35.5 Å². The highest BCUT2D eigenvalue weighted by atomic mass is 16.5. The Morgan fingerprint density at radius 1 is 1.00 bits per heavy atom. The van der Waals surface area contributed by atoms with Crippen LogP contribution in [-0.4, -0.2) is 76.2 Å². The number of hydrogen-bond acceptors (Lipinski definition) is 7. The third kappa shape index (κ3) is 5.22. The number of carbonyl (C=O) groups is 1. The van der Waals surface area contributed by atoms with E-state index in [1.54, 1.807) is 0 Å². The van der Waals surface area contributed by atoms with Crippen LogP contribution < -0.4 is 10.5 Å². The van der Waals surface area contributed by atoms with Crippen molar-refractivity contribution >= 4 is 27.7 Å². The second-order valence-electron chi connectivity index (χ2n) is 10.3. The van der Waals surface area contributed by atoms with E-state index in [9.17, 15) is 4.79 Å². The molecule has 0 aliphatic carbocycles. The average molecular weight is 529 g/mol. The Bertz CT molecular complexity index is 1450. The summed E-state index contributed by atoms with van der Waals surface area (Å²) in [6, 6.07) is 14.4. The molecule has 3 aromatic heterocycles. The fourth-order valence-corrected chi connectivity index (χ4v) is 5.95. The maximum Gasteiger partial charge on any atom is 0.242 e. The van der Waals surface area contributed by atoms with Gasteiger partial charge in [0, 0.05) is 54.7 Å². The lowest BCUT2D eigenvalue weighted by Crippen LogP contribution is -2.42. The number of benzene rings is 1. The normalized spacial score (nSPS) is 17.5. The highest BCUT2D eigenvalue weighted by molar-refractivity contribution is 6.09. The van der Waals surface area contributed by atoms with Crippen LogP contribution in [0.2, 0.25) is 0 Å². The summed E-state index contributed by atoms with van der Waals surface area (Å²) in [5.41, 5.74) is 9.88. The predicted molar refractivity (Wildman–Crippen MR) is 150 cm³/mol.